The molecule has 0 saturated carbocycles. The molecule has 2 aromatic carbocycles. The monoisotopic (exact) mass is 632 g/mol. The van der Waals surface area contributed by atoms with Gasteiger partial charge in [0.2, 0.25) is 5.91 Å². The fourth-order valence-electron chi connectivity index (χ4n) is 5.36. The number of aryl methyl sites for hydroxylation is 2. The van der Waals surface area contributed by atoms with Crippen LogP contribution in [-0.2, 0) is 31.3 Å². The van der Waals surface area contributed by atoms with Gasteiger partial charge in [-0.3, -0.25) is 19.6 Å². The number of rotatable bonds is 9. The topological polar surface area (TPSA) is 162 Å². The highest BCUT2D eigenvalue weighted by atomic mass is 19.4. The number of carboxylic acids is 1. The van der Waals surface area contributed by atoms with Crippen LogP contribution in [0.2, 0.25) is 0 Å². The maximum absolute atomic E-state index is 14.0. The van der Waals surface area contributed by atoms with Crippen LogP contribution >= 0.6 is 0 Å². The maximum atomic E-state index is 14.0. The molecule has 1 unspecified atom stereocenters. The minimum atomic E-state index is -5.08. The van der Waals surface area contributed by atoms with Crippen molar-refractivity contribution in [2.45, 2.75) is 58.0 Å². The molecule has 0 bridgehead atoms. The number of ether oxygens (including phenoxy) is 1. The van der Waals surface area contributed by atoms with E-state index in [1.807, 2.05) is 41.3 Å². The molecule has 4 rings (SSSR count). The van der Waals surface area contributed by atoms with Crippen LogP contribution < -0.4 is 16.0 Å². The van der Waals surface area contributed by atoms with Gasteiger partial charge in [0.25, 0.3) is 11.8 Å². The number of hydrogen-bond acceptors (Lipinski definition) is 7. The lowest BCUT2D eigenvalue weighted by atomic mass is 9.85. The summed E-state index contributed by atoms with van der Waals surface area (Å²) >= 11 is 0. The molecule has 242 valence electrons. The molecule has 0 aromatic heterocycles. The highest BCUT2D eigenvalue weighted by Crippen LogP contribution is 2.42. The summed E-state index contributed by atoms with van der Waals surface area (Å²) in [7, 11) is 0. The van der Waals surface area contributed by atoms with Crippen LogP contribution in [0.4, 0.5) is 13.2 Å². The molecule has 1 saturated heterocycles. The Morgan fingerprint density at radius 3 is 2.24 bits per heavy atom. The van der Waals surface area contributed by atoms with Crippen LogP contribution in [0.25, 0.3) is 0 Å². The molecule has 3 amide bonds. The van der Waals surface area contributed by atoms with E-state index in [1.54, 1.807) is 18.6 Å². The van der Waals surface area contributed by atoms with E-state index in [9.17, 15) is 27.6 Å². The smallest absolute Gasteiger partial charge is 0.489 e. The van der Waals surface area contributed by atoms with Crippen molar-refractivity contribution in [3.63, 3.8) is 0 Å². The second-order valence-corrected chi connectivity index (χ2v) is 10.8. The highest BCUT2D eigenvalue weighted by molar-refractivity contribution is 5.94. The lowest BCUT2D eigenvalue weighted by Crippen LogP contribution is -2.53. The predicted octanol–water partition coefficient (Wildman–Crippen LogP) is 3.47. The molecule has 14 heteroatoms. The number of likely N-dealkylation sites (tertiary alicyclic amines) is 1. The number of allylic oxidation sites excluding steroid dienone is 1. The molecular formula is C31H35F3N4O7. The molecule has 5 N–H and O–H groups in total. The third kappa shape index (κ3) is 8.41. The van der Waals surface area contributed by atoms with Gasteiger partial charge in [-0.1, -0.05) is 53.6 Å². The van der Waals surface area contributed by atoms with Crippen LogP contribution in [0.5, 0.6) is 5.75 Å². The number of primary amides is 1. The standard InChI is InChI=1S/C29H34N4O5.C2HF3O2/c1-19-13-20(2)15-23(14-19)18-38-25-8-6-24(7-9-25)29(32-11-4-5-22(17-32)16-26(30)34)10-12-33(28(29)36)21(3)27(35)31-37;3-2(4,5)1(6)7/h4-9,13-15,17,21,37H,10-12,16,18H2,1-3H3,(H2,30,34)(H,31,35);(H,6,7)/t21-,29?;/m1./s1. The number of nitrogens with zero attached hydrogens (tertiary/aromatic N) is 2. The Hall–Kier alpha value is -4.85. The van der Waals surface area contributed by atoms with E-state index < -0.39 is 35.5 Å². The zero-order chi connectivity index (χ0) is 33.5. The summed E-state index contributed by atoms with van der Waals surface area (Å²) in [5.74, 6) is -3.47. The SMILES string of the molecule is Cc1cc(C)cc(COc2ccc(C3(N4C=C(CC(N)=O)C=CC4)CCN([C@H](C)C(=O)NO)C3=O)cc2)c1.O=C(O)C(F)(F)F. The number of amides is 3. The average Bonchev–Trinajstić information content (AvgIpc) is 3.32. The summed E-state index contributed by atoms with van der Waals surface area (Å²) in [6, 6.07) is 12.9. The number of carbonyl (C=O) groups excluding carboxylic acids is 3. The molecular weight excluding hydrogens is 597 g/mol. The van der Waals surface area contributed by atoms with Gasteiger partial charge in [0.15, 0.2) is 0 Å². The fourth-order valence-corrected chi connectivity index (χ4v) is 5.36. The lowest BCUT2D eigenvalue weighted by Gasteiger charge is -2.41. The maximum Gasteiger partial charge on any atom is 0.490 e. The molecule has 45 heavy (non-hydrogen) atoms. The van der Waals surface area contributed by atoms with E-state index in [4.69, 9.17) is 25.6 Å². The molecule has 0 spiro atoms. The number of carboxylic acid groups (broad SMARTS) is 1. The minimum absolute atomic E-state index is 0.0511. The number of nitrogens with one attached hydrogen (secondary N) is 1. The summed E-state index contributed by atoms with van der Waals surface area (Å²) in [5, 5.41) is 16.3. The summed E-state index contributed by atoms with van der Waals surface area (Å²) < 4.78 is 37.8. The molecule has 2 aliphatic heterocycles. The van der Waals surface area contributed by atoms with Crippen molar-refractivity contribution in [3.8, 4) is 5.75 Å². The highest BCUT2D eigenvalue weighted by Gasteiger charge is 2.53. The van der Waals surface area contributed by atoms with E-state index >= 15 is 0 Å². The van der Waals surface area contributed by atoms with E-state index in [1.165, 1.54) is 16.0 Å². The van der Waals surface area contributed by atoms with Crippen LogP contribution in [0.1, 0.15) is 42.0 Å². The van der Waals surface area contributed by atoms with Crippen LogP contribution in [0.3, 0.4) is 0 Å². The molecule has 11 nitrogen and oxygen atoms in total. The van der Waals surface area contributed by atoms with Crippen molar-refractivity contribution >= 4 is 23.7 Å². The van der Waals surface area contributed by atoms with E-state index in [2.05, 4.69) is 32.0 Å². The van der Waals surface area contributed by atoms with Crippen LogP contribution in [-0.4, -0.2) is 69.1 Å². The summed E-state index contributed by atoms with van der Waals surface area (Å²) in [5.41, 5.74) is 10.8. The molecule has 1 fully saturated rings. The number of carbonyl (C=O) groups is 4. The first-order valence-corrected chi connectivity index (χ1v) is 13.9. The van der Waals surface area contributed by atoms with Gasteiger partial charge in [-0.05, 0) is 49.6 Å². The fraction of sp³-hybridized carbons (Fsp3) is 0.355. The molecule has 2 atom stereocenters. The van der Waals surface area contributed by atoms with Crippen molar-refractivity contribution in [2.75, 3.05) is 13.1 Å². The third-order valence-electron chi connectivity index (χ3n) is 7.37. The van der Waals surface area contributed by atoms with Crippen LogP contribution in [0, 0.1) is 13.8 Å². The zero-order valence-corrected chi connectivity index (χ0v) is 24.9. The van der Waals surface area contributed by atoms with Gasteiger partial charge in [0, 0.05) is 25.7 Å². The Balaban J connectivity index is 0.000000707. The van der Waals surface area contributed by atoms with E-state index in [0.29, 0.717) is 37.4 Å². The second-order valence-electron chi connectivity index (χ2n) is 10.8. The number of halogens is 3. The Kier molecular flexibility index (Phi) is 11.0. The Morgan fingerprint density at radius 1 is 1.11 bits per heavy atom. The van der Waals surface area contributed by atoms with Crippen molar-refractivity contribution in [2.24, 2.45) is 5.73 Å². The Morgan fingerprint density at radius 2 is 1.71 bits per heavy atom. The van der Waals surface area contributed by atoms with Gasteiger partial charge in [-0.25, -0.2) is 10.3 Å². The van der Waals surface area contributed by atoms with Gasteiger partial charge < -0.3 is 25.4 Å². The number of nitrogens with two attached hydrogens (primary N) is 1. The van der Waals surface area contributed by atoms with Crippen molar-refractivity contribution in [1.82, 2.24) is 15.3 Å². The second kappa shape index (κ2) is 14.3. The molecule has 0 aliphatic carbocycles. The summed E-state index contributed by atoms with van der Waals surface area (Å²) in [6.45, 7) is 6.86. The van der Waals surface area contributed by atoms with Gasteiger partial charge in [-0.15, -0.1) is 0 Å². The number of hydroxylamine groups is 1. The molecule has 2 aliphatic rings. The first kappa shape index (κ1) is 34.6. The summed E-state index contributed by atoms with van der Waals surface area (Å²) in [6.07, 6.45) is 0.897. The van der Waals surface area contributed by atoms with Crippen molar-refractivity contribution in [1.29, 1.82) is 0 Å². The van der Waals surface area contributed by atoms with Gasteiger partial charge in [0.1, 0.15) is 23.9 Å². The molecule has 0 radical (unpaired) electrons. The zero-order valence-electron chi connectivity index (χ0n) is 24.9. The molecule has 2 heterocycles. The summed E-state index contributed by atoms with van der Waals surface area (Å²) in [4.78, 5) is 50.0. The van der Waals surface area contributed by atoms with Crippen molar-refractivity contribution in [3.05, 3.63) is 88.6 Å². The Labute approximate surface area is 257 Å². The largest absolute Gasteiger partial charge is 0.490 e. The van der Waals surface area contributed by atoms with Gasteiger partial charge in [0.05, 0.1) is 6.42 Å². The number of benzene rings is 2. The van der Waals surface area contributed by atoms with Crippen LogP contribution in [0.15, 0.2) is 66.4 Å². The quantitative estimate of drug-likeness (QED) is 0.241. The van der Waals surface area contributed by atoms with E-state index in [0.717, 1.165) is 11.1 Å². The number of aliphatic carboxylic acids is 1. The third-order valence-corrected chi connectivity index (χ3v) is 7.37. The Bertz CT molecular complexity index is 1470. The number of alkyl halides is 3. The first-order chi connectivity index (χ1) is 21.1. The lowest BCUT2D eigenvalue weighted by molar-refractivity contribution is -0.192. The van der Waals surface area contributed by atoms with Gasteiger partial charge in [-0.2, -0.15) is 13.2 Å². The van der Waals surface area contributed by atoms with Gasteiger partial charge >= 0.3 is 12.1 Å². The normalized spacial score (nSPS) is 18.5. The number of hydrogen-bond donors (Lipinski definition) is 4. The molecule has 2 aromatic rings. The predicted molar refractivity (Wildman–Crippen MR) is 156 cm³/mol. The van der Waals surface area contributed by atoms with Crippen molar-refractivity contribution < 1.29 is 47.4 Å². The minimum Gasteiger partial charge on any atom is -0.489 e. The average molecular weight is 633 g/mol. The first-order valence-electron chi connectivity index (χ1n) is 13.9. The van der Waals surface area contributed by atoms with E-state index in [-0.39, 0.29) is 12.3 Å².